The number of ether oxygens (including phenoxy) is 1. The number of benzene rings is 2. The van der Waals surface area contributed by atoms with Gasteiger partial charge in [-0.25, -0.2) is 9.59 Å². The summed E-state index contributed by atoms with van der Waals surface area (Å²) in [6.45, 7) is 0.288. The van der Waals surface area contributed by atoms with E-state index in [1.165, 1.54) is 11.3 Å². The van der Waals surface area contributed by atoms with E-state index in [4.69, 9.17) is 4.74 Å². The summed E-state index contributed by atoms with van der Waals surface area (Å²) < 4.78 is 5.56. The van der Waals surface area contributed by atoms with E-state index in [-0.39, 0.29) is 19.1 Å². The van der Waals surface area contributed by atoms with E-state index in [1.807, 2.05) is 36.4 Å². The fourth-order valence-corrected chi connectivity index (χ4v) is 5.06. The Labute approximate surface area is 207 Å². The molecule has 2 aromatic carbocycles. The van der Waals surface area contributed by atoms with Gasteiger partial charge in [-0.1, -0.05) is 54.6 Å². The highest BCUT2D eigenvalue weighted by Crippen LogP contribution is 2.44. The van der Waals surface area contributed by atoms with Crippen LogP contribution in [0.15, 0.2) is 66.0 Å². The van der Waals surface area contributed by atoms with E-state index in [9.17, 15) is 19.5 Å². The van der Waals surface area contributed by atoms with Crippen molar-refractivity contribution in [3.63, 3.8) is 0 Å². The molecule has 3 aromatic rings. The van der Waals surface area contributed by atoms with Crippen LogP contribution >= 0.6 is 11.3 Å². The Bertz CT molecular complexity index is 1170. The van der Waals surface area contributed by atoms with E-state index < -0.39 is 30.1 Å². The largest absolute Gasteiger partial charge is 0.479 e. The number of hydrogen-bond acceptors (Lipinski definition) is 6. The molecule has 0 spiro atoms. The first-order valence-corrected chi connectivity index (χ1v) is 12.1. The van der Waals surface area contributed by atoms with Gasteiger partial charge in [0.2, 0.25) is 5.91 Å². The lowest BCUT2D eigenvalue weighted by Crippen LogP contribution is -2.53. The second kappa shape index (κ2) is 10.7. The number of likely N-dealkylation sites (N-methyl/N-ethyl adjacent to an activating group) is 1. The van der Waals surface area contributed by atoms with Crippen LogP contribution in [-0.2, 0) is 14.3 Å². The number of fused-ring (bicyclic) bond motifs is 3. The summed E-state index contributed by atoms with van der Waals surface area (Å²) in [7, 11) is 3.52. The molecule has 1 aliphatic carbocycles. The van der Waals surface area contributed by atoms with Crippen LogP contribution in [0.1, 0.15) is 28.0 Å². The van der Waals surface area contributed by atoms with Gasteiger partial charge >= 0.3 is 12.1 Å². The lowest BCUT2D eigenvalue weighted by molar-refractivity contribution is -0.142. The lowest BCUT2D eigenvalue weighted by Gasteiger charge is -2.24. The summed E-state index contributed by atoms with van der Waals surface area (Å²) in [4.78, 5) is 39.6. The molecule has 35 heavy (non-hydrogen) atoms. The summed E-state index contributed by atoms with van der Waals surface area (Å²) in [5.41, 5.74) is 4.42. The number of nitrogens with zero attached hydrogens (tertiary/aromatic N) is 1. The second-order valence-electron chi connectivity index (χ2n) is 8.58. The summed E-state index contributed by atoms with van der Waals surface area (Å²) in [6, 6.07) is 17.2. The van der Waals surface area contributed by atoms with Crippen molar-refractivity contribution in [1.82, 2.24) is 15.5 Å². The van der Waals surface area contributed by atoms with Gasteiger partial charge in [0.1, 0.15) is 12.6 Å². The zero-order valence-electron chi connectivity index (χ0n) is 19.4. The molecule has 4 rings (SSSR count). The molecule has 1 heterocycles. The lowest BCUT2D eigenvalue weighted by atomic mass is 9.98. The fourth-order valence-electron chi connectivity index (χ4n) is 4.29. The first-order chi connectivity index (χ1) is 16.8. The predicted molar refractivity (Wildman–Crippen MR) is 133 cm³/mol. The summed E-state index contributed by atoms with van der Waals surface area (Å²) in [6.07, 6.45) is -0.739. The number of alkyl carbamates (subject to hydrolysis) is 1. The van der Waals surface area contributed by atoms with Crippen LogP contribution in [0.4, 0.5) is 4.79 Å². The number of amides is 2. The maximum Gasteiger partial charge on any atom is 0.407 e. The van der Waals surface area contributed by atoms with Crippen LogP contribution in [0.25, 0.3) is 11.1 Å². The summed E-state index contributed by atoms with van der Waals surface area (Å²) in [5, 5.41) is 16.4. The van der Waals surface area contributed by atoms with Crippen molar-refractivity contribution in [3.8, 4) is 11.1 Å². The van der Waals surface area contributed by atoms with Gasteiger partial charge in [0.05, 0.1) is 0 Å². The Balaban J connectivity index is 1.43. The molecule has 8 nitrogen and oxygen atoms in total. The number of aliphatic carboxylic acids is 1. The predicted octanol–water partition coefficient (Wildman–Crippen LogP) is 3.46. The minimum atomic E-state index is -1.20. The van der Waals surface area contributed by atoms with Gasteiger partial charge < -0.3 is 25.4 Å². The number of thiophene rings is 1. The third-order valence-corrected chi connectivity index (χ3v) is 6.80. The van der Waals surface area contributed by atoms with Crippen molar-refractivity contribution in [2.75, 3.05) is 27.2 Å². The number of carbonyl (C=O) groups is 3. The second-order valence-corrected chi connectivity index (χ2v) is 9.56. The van der Waals surface area contributed by atoms with Crippen LogP contribution in [0.3, 0.4) is 0 Å². The number of carboxylic acids is 1. The number of nitrogens with one attached hydrogen (secondary N) is 2. The Morgan fingerprint density at radius 3 is 2.14 bits per heavy atom. The van der Waals surface area contributed by atoms with Crippen molar-refractivity contribution in [2.24, 2.45) is 0 Å². The van der Waals surface area contributed by atoms with Gasteiger partial charge in [-0.2, -0.15) is 0 Å². The molecule has 0 saturated carbocycles. The monoisotopic (exact) mass is 493 g/mol. The SMILES string of the molecule is CN(C)C[C@H](NC(=O)OCC1c2ccccc2-c2ccccc21)C(=O)NC(C(=O)O)c1cccs1. The van der Waals surface area contributed by atoms with Gasteiger partial charge in [0.15, 0.2) is 6.04 Å². The van der Waals surface area contributed by atoms with E-state index >= 15 is 0 Å². The summed E-state index contributed by atoms with van der Waals surface area (Å²) in [5.74, 6) is -1.89. The van der Waals surface area contributed by atoms with E-state index in [0.29, 0.717) is 4.88 Å². The molecule has 1 unspecified atom stereocenters. The minimum Gasteiger partial charge on any atom is -0.479 e. The Morgan fingerprint density at radius 1 is 0.971 bits per heavy atom. The van der Waals surface area contributed by atoms with Crippen LogP contribution in [-0.4, -0.2) is 61.3 Å². The highest BCUT2D eigenvalue weighted by atomic mass is 32.1. The van der Waals surface area contributed by atoms with Crippen LogP contribution in [0.2, 0.25) is 0 Å². The molecule has 182 valence electrons. The molecule has 0 fully saturated rings. The Hall–Kier alpha value is -3.69. The maximum atomic E-state index is 12.9. The molecule has 2 atom stereocenters. The minimum absolute atomic E-state index is 0.107. The molecule has 0 aliphatic heterocycles. The molecule has 1 aromatic heterocycles. The topological polar surface area (TPSA) is 108 Å². The van der Waals surface area contributed by atoms with E-state index in [2.05, 4.69) is 22.8 Å². The highest BCUT2D eigenvalue weighted by Gasteiger charge is 2.31. The molecule has 0 saturated heterocycles. The van der Waals surface area contributed by atoms with E-state index in [1.54, 1.807) is 36.5 Å². The quantitative estimate of drug-likeness (QED) is 0.421. The average molecular weight is 494 g/mol. The van der Waals surface area contributed by atoms with Gasteiger partial charge in [-0.15, -0.1) is 11.3 Å². The normalized spacial score (nSPS) is 14.0. The van der Waals surface area contributed by atoms with Gasteiger partial charge in [0, 0.05) is 17.3 Å². The number of carboxylic acid groups (broad SMARTS) is 1. The molecular formula is C26H27N3O5S. The molecule has 9 heteroatoms. The average Bonchev–Trinajstić information content (AvgIpc) is 3.47. The standard InChI is InChI=1S/C26H27N3O5S/c1-29(2)14-21(24(30)28-23(25(31)32)22-12-7-13-35-22)27-26(33)34-15-20-18-10-5-3-8-16(18)17-9-4-6-11-19(17)20/h3-13,20-21,23H,14-15H2,1-2H3,(H,27,33)(H,28,30)(H,31,32)/t21-,23?/m0/s1. The third-order valence-electron chi connectivity index (χ3n) is 5.86. The molecule has 1 aliphatic rings. The maximum absolute atomic E-state index is 12.9. The van der Waals surface area contributed by atoms with Crippen LogP contribution < -0.4 is 10.6 Å². The first-order valence-electron chi connectivity index (χ1n) is 11.2. The first kappa shape index (κ1) is 24.4. The Morgan fingerprint density at radius 2 is 1.60 bits per heavy atom. The van der Waals surface area contributed by atoms with Gasteiger partial charge in [-0.05, 0) is 47.8 Å². The molecule has 0 radical (unpaired) electrons. The van der Waals surface area contributed by atoms with Crippen molar-refractivity contribution in [1.29, 1.82) is 0 Å². The molecular weight excluding hydrogens is 466 g/mol. The third kappa shape index (κ3) is 5.52. The van der Waals surface area contributed by atoms with Crippen molar-refractivity contribution in [3.05, 3.63) is 82.0 Å². The summed E-state index contributed by atoms with van der Waals surface area (Å²) >= 11 is 1.23. The van der Waals surface area contributed by atoms with Gasteiger partial charge in [-0.3, -0.25) is 4.79 Å². The zero-order valence-corrected chi connectivity index (χ0v) is 20.2. The zero-order chi connectivity index (χ0) is 24.9. The molecule has 2 amide bonds. The smallest absolute Gasteiger partial charge is 0.407 e. The van der Waals surface area contributed by atoms with Crippen molar-refractivity contribution >= 4 is 29.3 Å². The number of carbonyl (C=O) groups excluding carboxylic acids is 2. The van der Waals surface area contributed by atoms with E-state index in [0.717, 1.165) is 22.3 Å². The van der Waals surface area contributed by atoms with Crippen LogP contribution in [0.5, 0.6) is 0 Å². The number of hydrogen-bond donors (Lipinski definition) is 3. The van der Waals surface area contributed by atoms with Gasteiger partial charge in [0.25, 0.3) is 0 Å². The molecule has 3 N–H and O–H groups in total. The number of rotatable bonds is 9. The Kier molecular flexibility index (Phi) is 7.48. The highest BCUT2D eigenvalue weighted by molar-refractivity contribution is 7.10. The fraction of sp³-hybridized carbons (Fsp3) is 0.269. The van der Waals surface area contributed by atoms with Crippen molar-refractivity contribution < 1.29 is 24.2 Å². The van der Waals surface area contributed by atoms with Crippen LogP contribution in [0, 0.1) is 0 Å². The van der Waals surface area contributed by atoms with Crippen molar-refractivity contribution in [2.45, 2.75) is 18.0 Å². The molecule has 0 bridgehead atoms.